The number of morpholine rings is 1. The van der Waals surface area contributed by atoms with E-state index in [1.54, 1.807) is 18.0 Å². The van der Waals surface area contributed by atoms with Gasteiger partial charge in [0.1, 0.15) is 23.3 Å². The van der Waals surface area contributed by atoms with Crippen molar-refractivity contribution in [2.75, 3.05) is 29.9 Å². The van der Waals surface area contributed by atoms with Crippen molar-refractivity contribution in [3.8, 4) is 11.5 Å². The molecule has 0 bridgehead atoms. The first-order chi connectivity index (χ1) is 17.6. The number of ether oxygens (including phenoxy) is 2. The van der Waals surface area contributed by atoms with Crippen molar-refractivity contribution < 1.29 is 9.47 Å². The SMILES string of the molecule is Cc1cccc(CNc2ccc3c(c2)Sc2cccc(C4CN(c5ccc[nH]c5=O)CCO4)c2O3)n1. The molecule has 0 saturated carbocycles. The van der Waals surface area contributed by atoms with Crippen molar-refractivity contribution >= 4 is 23.1 Å². The van der Waals surface area contributed by atoms with Gasteiger partial charge in [-0.15, -0.1) is 0 Å². The number of anilines is 2. The summed E-state index contributed by atoms with van der Waals surface area (Å²) in [5.41, 5.74) is 4.61. The van der Waals surface area contributed by atoms with Crippen LogP contribution in [-0.2, 0) is 11.3 Å². The average Bonchev–Trinajstić information content (AvgIpc) is 2.91. The normalized spacial score (nSPS) is 16.6. The Morgan fingerprint density at radius 2 is 2.03 bits per heavy atom. The van der Waals surface area contributed by atoms with Crippen molar-refractivity contribution in [1.29, 1.82) is 0 Å². The van der Waals surface area contributed by atoms with Crippen LogP contribution in [0.25, 0.3) is 0 Å². The number of nitrogens with zero attached hydrogens (tertiary/aromatic N) is 2. The summed E-state index contributed by atoms with van der Waals surface area (Å²) in [5.74, 6) is 1.65. The molecule has 36 heavy (non-hydrogen) atoms. The molecule has 2 aliphatic rings. The minimum absolute atomic E-state index is 0.0865. The van der Waals surface area contributed by atoms with Gasteiger partial charge in [0.2, 0.25) is 0 Å². The molecule has 0 amide bonds. The molecule has 1 unspecified atom stereocenters. The number of para-hydroxylation sites is 1. The number of benzene rings is 2. The number of pyridine rings is 2. The van der Waals surface area contributed by atoms with E-state index < -0.39 is 0 Å². The third kappa shape index (κ3) is 4.57. The van der Waals surface area contributed by atoms with Gasteiger partial charge in [-0.25, -0.2) is 0 Å². The quantitative estimate of drug-likeness (QED) is 0.330. The van der Waals surface area contributed by atoms with Crippen LogP contribution in [0.1, 0.15) is 23.1 Å². The lowest BCUT2D eigenvalue weighted by Crippen LogP contribution is -2.41. The molecular weight excluding hydrogens is 472 g/mol. The molecule has 0 spiro atoms. The fourth-order valence-corrected chi connectivity index (χ4v) is 5.63. The fourth-order valence-electron chi connectivity index (χ4n) is 4.59. The zero-order valence-electron chi connectivity index (χ0n) is 19.9. The van der Waals surface area contributed by atoms with Crippen LogP contribution in [0.5, 0.6) is 11.5 Å². The van der Waals surface area contributed by atoms with E-state index in [4.69, 9.17) is 9.47 Å². The number of aryl methyl sites for hydroxylation is 1. The van der Waals surface area contributed by atoms with Gasteiger partial charge in [-0.1, -0.05) is 30.0 Å². The van der Waals surface area contributed by atoms with E-state index in [-0.39, 0.29) is 11.7 Å². The Kier molecular flexibility index (Phi) is 6.13. The molecule has 4 aromatic rings. The largest absolute Gasteiger partial charge is 0.455 e. The molecule has 1 saturated heterocycles. The number of aromatic nitrogens is 2. The number of nitrogens with one attached hydrogen (secondary N) is 2. The second-order valence-electron chi connectivity index (χ2n) is 8.85. The van der Waals surface area contributed by atoms with E-state index in [1.807, 2.05) is 55.5 Å². The van der Waals surface area contributed by atoms with Gasteiger partial charge in [0.25, 0.3) is 5.56 Å². The van der Waals surface area contributed by atoms with E-state index in [0.717, 1.165) is 43.9 Å². The van der Waals surface area contributed by atoms with E-state index in [1.165, 1.54) is 0 Å². The lowest BCUT2D eigenvalue weighted by atomic mass is 10.1. The Morgan fingerprint density at radius 1 is 1.11 bits per heavy atom. The van der Waals surface area contributed by atoms with E-state index in [9.17, 15) is 4.79 Å². The fraction of sp³-hybridized carbons (Fsp3) is 0.214. The zero-order valence-corrected chi connectivity index (χ0v) is 20.7. The van der Waals surface area contributed by atoms with Gasteiger partial charge >= 0.3 is 0 Å². The molecule has 8 heteroatoms. The Bertz CT molecular complexity index is 1470. The highest BCUT2D eigenvalue weighted by Crippen LogP contribution is 2.50. The number of fused-ring (bicyclic) bond motifs is 2. The summed E-state index contributed by atoms with van der Waals surface area (Å²) in [6.45, 7) is 4.45. The summed E-state index contributed by atoms with van der Waals surface area (Å²) in [6.07, 6.45) is 1.46. The summed E-state index contributed by atoms with van der Waals surface area (Å²) >= 11 is 1.69. The van der Waals surface area contributed by atoms with Crippen LogP contribution < -0.4 is 20.5 Å². The van der Waals surface area contributed by atoms with E-state index in [0.29, 0.717) is 31.9 Å². The lowest BCUT2D eigenvalue weighted by molar-refractivity contribution is 0.0382. The first-order valence-corrected chi connectivity index (χ1v) is 12.8. The maximum absolute atomic E-state index is 12.3. The third-order valence-electron chi connectivity index (χ3n) is 6.36. The number of hydrogen-bond donors (Lipinski definition) is 2. The summed E-state index contributed by atoms with van der Waals surface area (Å²) in [6, 6.07) is 22.1. The van der Waals surface area contributed by atoms with Crippen molar-refractivity contribution in [1.82, 2.24) is 9.97 Å². The van der Waals surface area contributed by atoms with Crippen molar-refractivity contribution in [2.45, 2.75) is 29.4 Å². The summed E-state index contributed by atoms with van der Waals surface area (Å²) in [7, 11) is 0. The van der Waals surface area contributed by atoms with Crippen molar-refractivity contribution in [3.63, 3.8) is 0 Å². The average molecular weight is 499 g/mol. The van der Waals surface area contributed by atoms with Gasteiger partial charge in [0, 0.05) is 36.2 Å². The van der Waals surface area contributed by atoms with Gasteiger partial charge in [-0.05, 0) is 55.5 Å². The molecule has 1 fully saturated rings. The highest BCUT2D eigenvalue weighted by molar-refractivity contribution is 7.99. The van der Waals surface area contributed by atoms with Crippen LogP contribution in [0, 0.1) is 6.92 Å². The molecule has 0 aliphatic carbocycles. The topological polar surface area (TPSA) is 79.5 Å². The Labute approximate surface area is 213 Å². The number of H-pyrrole nitrogens is 1. The van der Waals surface area contributed by atoms with Gasteiger partial charge < -0.3 is 24.7 Å². The molecule has 182 valence electrons. The van der Waals surface area contributed by atoms with Gasteiger partial charge in [-0.2, -0.15) is 0 Å². The summed E-state index contributed by atoms with van der Waals surface area (Å²) in [4.78, 5) is 23.8. The smallest absolute Gasteiger partial charge is 0.271 e. The van der Waals surface area contributed by atoms with Gasteiger partial charge in [-0.3, -0.25) is 9.78 Å². The highest BCUT2D eigenvalue weighted by atomic mass is 32.2. The Hall–Kier alpha value is -3.75. The third-order valence-corrected chi connectivity index (χ3v) is 7.44. The molecule has 0 radical (unpaired) electrons. The highest BCUT2D eigenvalue weighted by Gasteiger charge is 2.29. The second kappa shape index (κ2) is 9.72. The minimum Gasteiger partial charge on any atom is -0.455 e. The molecular formula is C28H26N4O3S. The first-order valence-electron chi connectivity index (χ1n) is 12.0. The van der Waals surface area contributed by atoms with Crippen LogP contribution in [0.2, 0.25) is 0 Å². The standard InChI is InChI=1S/C28H26N4O3S/c1-18-5-2-6-20(31-18)16-30-19-10-11-23-26(15-19)36-25-9-3-7-21(27(25)35-23)24-17-32(13-14-34-24)22-8-4-12-29-28(22)33/h2-12,15,24,30H,13-14,16-17H2,1H3,(H,29,33). The van der Waals surface area contributed by atoms with Gasteiger partial charge in [0.15, 0.2) is 0 Å². The molecule has 4 heterocycles. The predicted molar refractivity (Wildman–Crippen MR) is 141 cm³/mol. The molecule has 6 rings (SSSR count). The maximum Gasteiger partial charge on any atom is 0.271 e. The van der Waals surface area contributed by atoms with Crippen LogP contribution in [-0.4, -0.2) is 29.7 Å². The van der Waals surface area contributed by atoms with Crippen molar-refractivity contribution in [3.05, 3.63) is 100 Å². The summed E-state index contributed by atoms with van der Waals surface area (Å²) in [5, 5.41) is 3.47. The monoisotopic (exact) mass is 498 g/mol. The molecule has 2 N–H and O–H groups in total. The van der Waals surface area contributed by atoms with Crippen molar-refractivity contribution in [2.24, 2.45) is 0 Å². The summed E-state index contributed by atoms with van der Waals surface area (Å²) < 4.78 is 12.6. The molecule has 2 aliphatic heterocycles. The minimum atomic E-state index is -0.196. The van der Waals surface area contributed by atoms with Crippen LogP contribution >= 0.6 is 11.8 Å². The van der Waals surface area contributed by atoms with Crippen LogP contribution in [0.15, 0.2) is 87.5 Å². The maximum atomic E-state index is 12.3. The molecule has 7 nitrogen and oxygen atoms in total. The molecule has 1 atom stereocenters. The number of rotatable bonds is 5. The van der Waals surface area contributed by atoms with Crippen LogP contribution in [0.4, 0.5) is 11.4 Å². The predicted octanol–water partition coefficient (Wildman–Crippen LogP) is 5.53. The van der Waals surface area contributed by atoms with Gasteiger partial charge in [0.05, 0.1) is 28.6 Å². The van der Waals surface area contributed by atoms with E-state index in [2.05, 4.69) is 38.4 Å². The van der Waals surface area contributed by atoms with Crippen LogP contribution in [0.3, 0.4) is 0 Å². The molecule has 2 aromatic heterocycles. The number of hydrogen-bond acceptors (Lipinski definition) is 7. The number of aromatic amines is 1. The Balaban J connectivity index is 1.21. The second-order valence-corrected chi connectivity index (χ2v) is 9.94. The van der Waals surface area contributed by atoms with E-state index >= 15 is 0 Å². The zero-order chi connectivity index (χ0) is 24.5. The lowest BCUT2D eigenvalue weighted by Gasteiger charge is -2.35. The first kappa shape index (κ1) is 22.7. The Morgan fingerprint density at radius 3 is 2.92 bits per heavy atom. The molecule has 2 aromatic carbocycles.